The maximum atomic E-state index is 10.4. The van der Waals surface area contributed by atoms with Gasteiger partial charge in [-0.05, 0) is 35.6 Å². The topological polar surface area (TPSA) is 32.7 Å². The Morgan fingerprint density at radius 2 is 2.04 bits per heavy atom. The number of aromatic hydroxyl groups is 1. The van der Waals surface area contributed by atoms with E-state index in [0.717, 1.165) is 43.6 Å². The molecule has 0 spiro atoms. The fourth-order valence-corrected chi connectivity index (χ4v) is 3.22. The van der Waals surface area contributed by atoms with Crippen LogP contribution in [0.2, 0.25) is 0 Å². The second kappa shape index (κ2) is 6.88. The normalized spacial score (nSPS) is 14.3. The van der Waals surface area contributed by atoms with Gasteiger partial charge in [-0.3, -0.25) is 4.90 Å². The Hall–Kier alpha value is -2.26. The standard InChI is InChI=1S/C20H23NO2/c1-3-6-15-11-18(20(22)19(12-15)23-2)14-21-10-9-16-7-4-5-8-17(16)13-21/h3-5,7-8,11-12,22H,1,6,9-10,13-14H2,2H3. The molecule has 0 unspecified atom stereocenters. The summed E-state index contributed by atoms with van der Waals surface area (Å²) in [6, 6.07) is 12.5. The molecule has 120 valence electrons. The summed E-state index contributed by atoms with van der Waals surface area (Å²) in [4.78, 5) is 2.37. The molecule has 0 aliphatic carbocycles. The van der Waals surface area contributed by atoms with E-state index in [-0.39, 0.29) is 5.75 Å². The van der Waals surface area contributed by atoms with E-state index in [4.69, 9.17) is 4.74 Å². The van der Waals surface area contributed by atoms with E-state index < -0.39 is 0 Å². The van der Waals surface area contributed by atoms with Crippen LogP contribution in [0.3, 0.4) is 0 Å². The molecule has 0 amide bonds. The molecular formula is C20H23NO2. The Labute approximate surface area is 137 Å². The molecule has 1 N–H and O–H groups in total. The molecule has 3 nitrogen and oxygen atoms in total. The molecule has 2 aromatic rings. The minimum Gasteiger partial charge on any atom is -0.504 e. The summed E-state index contributed by atoms with van der Waals surface area (Å²) >= 11 is 0. The van der Waals surface area contributed by atoms with E-state index >= 15 is 0 Å². The van der Waals surface area contributed by atoms with Crippen molar-refractivity contribution in [1.29, 1.82) is 0 Å². The highest BCUT2D eigenvalue weighted by Crippen LogP contribution is 2.33. The lowest BCUT2D eigenvalue weighted by molar-refractivity contribution is 0.241. The number of nitrogens with zero attached hydrogens (tertiary/aromatic N) is 1. The summed E-state index contributed by atoms with van der Waals surface area (Å²) in [6.07, 6.45) is 3.69. The number of hydrogen-bond acceptors (Lipinski definition) is 3. The lowest BCUT2D eigenvalue weighted by atomic mass is 9.99. The molecule has 1 heterocycles. The van der Waals surface area contributed by atoms with Gasteiger partial charge in [0.05, 0.1) is 7.11 Å². The number of allylic oxidation sites excluding steroid dienone is 1. The zero-order chi connectivity index (χ0) is 16.2. The summed E-state index contributed by atoms with van der Waals surface area (Å²) in [5, 5.41) is 10.4. The number of phenols is 1. The molecule has 3 rings (SSSR count). The molecule has 0 saturated carbocycles. The van der Waals surface area contributed by atoms with Crippen molar-refractivity contribution in [2.24, 2.45) is 0 Å². The van der Waals surface area contributed by atoms with Gasteiger partial charge in [0.15, 0.2) is 11.5 Å². The number of hydrogen-bond donors (Lipinski definition) is 1. The van der Waals surface area contributed by atoms with Crippen LogP contribution in [0.4, 0.5) is 0 Å². The molecule has 1 aliphatic rings. The molecule has 2 aromatic carbocycles. The van der Waals surface area contributed by atoms with Gasteiger partial charge in [-0.25, -0.2) is 0 Å². The second-order valence-corrected chi connectivity index (χ2v) is 6.03. The fraction of sp³-hybridized carbons (Fsp3) is 0.300. The average Bonchev–Trinajstić information content (AvgIpc) is 2.57. The van der Waals surface area contributed by atoms with Crippen molar-refractivity contribution >= 4 is 0 Å². The average molecular weight is 309 g/mol. The van der Waals surface area contributed by atoms with Crippen LogP contribution in [0.1, 0.15) is 22.3 Å². The van der Waals surface area contributed by atoms with Crippen LogP contribution < -0.4 is 4.74 Å². The van der Waals surface area contributed by atoms with Gasteiger partial charge < -0.3 is 9.84 Å². The van der Waals surface area contributed by atoms with Crippen molar-refractivity contribution in [3.63, 3.8) is 0 Å². The first-order chi connectivity index (χ1) is 11.2. The van der Waals surface area contributed by atoms with Crippen molar-refractivity contribution < 1.29 is 9.84 Å². The third-order valence-electron chi connectivity index (χ3n) is 4.42. The smallest absolute Gasteiger partial charge is 0.162 e. The van der Waals surface area contributed by atoms with Gasteiger partial charge in [-0.15, -0.1) is 6.58 Å². The summed E-state index contributed by atoms with van der Waals surface area (Å²) in [5.41, 5.74) is 4.85. The minimum absolute atomic E-state index is 0.249. The summed E-state index contributed by atoms with van der Waals surface area (Å²) in [6.45, 7) is 6.44. The van der Waals surface area contributed by atoms with Crippen LogP contribution >= 0.6 is 0 Å². The first-order valence-corrected chi connectivity index (χ1v) is 8.00. The molecule has 3 heteroatoms. The van der Waals surface area contributed by atoms with Crippen molar-refractivity contribution in [3.8, 4) is 11.5 Å². The number of ether oxygens (including phenoxy) is 1. The van der Waals surface area contributed by atoms with Gasteiger partial charge in [0, 0.05) is 25.2 Å². The number of methoxy groups -OCH3 is 1. The van der Waals surface area contributed by atoms with Crippen molar-refractivity contribution in [3.05, 3.63) is 71.3 Å². The highest BCUT2D eigenvalue weighted by atomic mass is 16.5. The zero-order valence-corrected chi connectivity index (χ0v) is 13.6. The van der Waals surface area contributed by atoms with E-state index in [0.29, 0.717) is 5.75 Å². The van der Waals surface area contributed by atoms with Gasteiger partial charge in [0.25, 0.3) is 0 Å². The van der Waals surface area contributed by atoms with Crippen LogP contribution in [0.5, 0.6) is 11.5 Å². The Balaban J connectivity index is 1.82. The molecule has 0 aromatic heterocycles. The molecule has 0 saturated heterocycles. The van der Waals surface area contributed by atoms with Gasteiger partial charge in [-0.1, -0.05) is 36.4 Å². The summed E-state index contributed by atoms with van der Waals surface area (Å²) in [5.74, 6) is 0.788. The highest BCUT2D eigenvalue weighted by Gasteiger charge is 2.18. The van der Waals surface area contributed by atoms with Crippen LogP contribution in [0.15, 0.2) is 49.1 Å². The first-order valence-electron chi connectivity index (χ1n) is 8.00. The van der Waals surface area contributed by atoms with Crippen LogP contribution in [0, 0.1) is 0 Å². The molecule has 0 atom stereocenters. The SMILES string of the molecule is C=CCc1cc(CN2CCc3ccccc3C2)c(O)c(OC)c1. The minimum atomic E-state index is 0.249. The van der Waals surface area contributed by atoms with Gasteiger partial charge >= 0.3 is 0 Å². The highest BCUT2D eigenvalue weighted by molar-refractivity contribution is 5.49. The Morgan fingerprint density at radius 1 is 1.26 bits per heavy atom. The van der Waals surface area contributed by atoms with Crippen LogP contribution in [-0.2, 0) is 25.9 Å². The number of fused-ring (bicyclic) bond motifs is 1. The molecule has 0 bridgehead atoms. The van der Waals surface area contributed by atoms with Gasteiger partial charge in [0.1, 0.15) is 0 Å². The van der Waals surface area contributed by atoms with Gasteiger partial charge in [0.2, 0.25) is 0 Å². The predicted molar refractivity (Wildman–Crippen MR) is 92.8 cm³/mol. The van der Waals surface area contributed by atoms with Crippen LogP contribution in [0.25, 0.3) is 0 Å². The Bertz CT molecular complexity index is 709. The number of rotatable bonds is 5. The van der Waals surface area contributed by atoms with Crippen LogP contribution in [-0.4, -0.2) is 23.7 Å². The van der Waals surface area contributed by atoms with Crippen molar-refractivity contribution in [2.45, 2.75) is 25.9 Å². The molecule has 1 aliphatic heterocycles. The maximum absolute atomic E-state index is 10.4. The second-order valence-electron chi connectivity index (χ2n) is 6.03. The van der Waals surface area contributed by atoms with Gasteiger partial charge in [-0.2, -0.15) is 0 Å². The maximum Gasteiger partial charge on any atom is 0.162 e. The Kier molecular flexibility index (Phi) is 4.68. The predicted octanol–water partition coefficient (Wildman–Crippen LogP) is 3.69. The Morgan fingerprint density at radius 3 is 2.78 bits per heavy atom. The molecule has 23 heavy (non-hydrogen) atoms. The largest absolute Gasteiger partial charge is 0.504 e. The number of benzene rings is 2. The van der Waals surface area contributed by atoms with E-state index in [1.54, 1.807) is 7.11 Å². The van der Waals surface area contributed by atoms with E-state index in [9.17, 15) is 5.11 Å². The lowest BCUT2D eigenvalue weighted by Crippen LogP contribution is -2.30. The monoisotopic (exact) mass is 309 g/mol. The van der Waals surface area contributed by atoms with E-state index in [1.807, 2.05) is 12.1 Å². The molecule has 0 radical (unpaired) electrons. The zero-order valence-electron chi connectivity index (χ0n) is 13.6. The number of phenolic OH excluding ortho intramolecular Hbond substituents is 1. The quantitative estimate of drug-likeness (QED) is 0.855. The lowest BCUT2D eigenvalue weighted by Gasteiger charge is -2.29. The third-order valence-corrected chi connectivity index (χ3v) is 4.42. The third kappa shape index (κ3) is 3.40. The summed E-state index contributed by atoms with van der Waals surface area (Å²) < 4.78 is 5.32. The van der Waals surface area contributed by atoms with E-state index in [1.165, 1.54) is 11.1 Å². The van der Waals surface area contributed by atoms with Crippen molar-refractivity contribution in [2.75, 3.05) is 13.7 Å². The fourth-order valence-electron chi connectivity index (χ4n) is 3.22. The summed E-state index contributed by atoms with van der Waals surface area (Å²) in [7, 11) is 1.59. The molecular weight excluding hydrogens is 286 g/mol. The van der Waals surface area contributed by atoms with Crippen molar-refractivity contribution in [1.82, 2.24) is 4.90 Å². The first kappa shape index (κ1) is 15.6. The molecule has 0 fully saturated rings. The van der Waals surface area contributed by atoms with E-state index in [2.05, 4.69) is 41.8 Å².